The van der Waals surface area contributed by atoms with E-state index in [1.54, 1.807) is 12.1 Å². The van der Waals surface area contributed by atoms with Crippen molar-refractivity contribution in [2.45, 2.75) is 32.2 Å². The van der Waals surface area contributed by atoms with Crippen molar-refractivity contribution in [3.8, 4) is 0 Å². The summed E-state index contributed by atoms with van der Waals surface area (Å²) in [5, 5.41) is 10.2. The fourth-order valence-corrected chi connectivity index (χ4v) is 3.70. The lowest BCUT2D eigenvalue weighted by atomic mass is 9.96. The largest absolute Gasteiger partial charge is 0.503 e. The van der Waals surface area contributed by atoms with Crippen LogP contribution < -0.4 is 0 Å². The number of Topliss-reactive ketones (excluding diaryl/α,β-unsaturated/α-hetero) is 1. The van der Waals surface area contributed by atoms with Gasteiger partial charge in [0.2, 0.25) is 0 Å². The molecule has 2 heterocycles. The van der Waals surface area contributed by atoms with Crippen LogP contribution in [0.15, 0.2) is 35.6 Å². The number of amides is 1. The second kappa shape index (κ2) is 7.35. The van der Waals surface area contributed by atoms with Crippen molar-refractivity contribution in [1.29, 1.82) is 0 Å². The smallest absolute Gasteiger partial charge is 0.290 e. The molecule has 1 unspecified atom stereocenters. The Hall–Kier alpha value is -2.21. The topological polar surface area (TPSA) is 60.9 Å². The number of hydrogen-bond acceptors (Lipinski definition) is 4. The predicted octanol–water partition coefficient (Wildman–Crippen LogP) is 2.60. The molecule has 2 aliphatic rings. The number of halogens is 1. The average molecular weight is 346 g/mol. The molecule has 0 bridgehead atoms. The highest BCUT2D eigenvalue weighted by atomic mass is 19.1. The van der Waals surface area contributed by atoms with Gasteiger partial charge in [0.15, 0.2) is 11.5 Å². The number of carbonyl (C=O) groups is 2. The standard InChI is InChI=1S/C19H23FN2O3/c1-13(23)16-17(14-6-5-7-15(20)12-14)22(19(25)18(16)24)11-10-21-8-3-2-4-9-21/h5-7,12,17,24H,2-4,8-11H2,1H3. The number of rotatable bonds is 5. The molecule has 1 fully saturated rings. The second-order valence-electron chi connectivity index (χ2n) is 6.68. The molecule has 1 saturated heterocycles. The van der Waals surface area contributed by atoms with Crippen molar-refractivity contribution < 1.29 is 19.1 Å². The normalized spacial score (nSPS) is 21.9. The molecule has 5 nitrogen and oxygen atoms in total. The van der Waals surface area contributed by atoms with Gasteiger partial charge in [-0.2, -0.15) is 0 Å². The van der Waals surface area contributed by atoms with Crippen LogP contribution in [0.25, 0.3) is 0 Å². The third-order valence-corrected chi connectivity index (χ3v) is 4.95. The predicted molar refractivity (Wildman–Crippen MR) is 91.5 cm³/mol. The van der Waals surface area contributed by atoms with Gasteiger partial charge in [0.25, 0.3) is 5.91 Å². The van der Waals surface area contributed by atoms with Gasteiger partial charge in [-0.05, 0) is 50.6 Å². The number of aliphatic hydroxyl groups excluding tert-OH is 1. The van der Waals surface area contributed by atoms with E-state index in [0.29, 0.717) is 18.7 Å². The van der Waals surface area contributed by atoms with E-state index < -0.39 is 23.5 Å². The van der Waals surface area contributed by atoms with Crippen LogP contribution in [0.3, 0.4) is 0 Å². The maximum absolute atomic E-state index is 13.7. The van der Waals surface area contributed by atoms with Gasteiger partial charge in [0.05, 0.1) is 11.6 Å². The van der Waals surface area contributed by atoms with Crippen molar-refractivity contribution in [2.75, 3.05) is 26.2 Å². The van der Waals surface area contributed by atoms with Gasteiger partial charge in [0, 0.05) is 13.1 Å². The van der Waals surface area contributed by atoms with Crippen molar-refractivity contribution in [3.05, 3.63) is 47.0 Å². The van der Waals surface area contributed by atoms with E-state index in [4.69, 9.17) is 0 Å². The molecule has 134 valence electrons. The van der Waals surface area contributed by atoms with E-state index in [1.807, 2.05) is 0 Å². The Morgan fingerprint density at radius 1 is 1.24 bits per heavy atom. The molecule has 1 N–H and O–H groups in total. The number of hydrogen-bond donors (Lipinski definition) is 1. The van der Waals surface area contributed by atoms with Crippen LogP contribution in [0.1, 0.15) is 37.8 Å². The first-order valence-corrected chi connectivity index (χ1v) is 8.72. The van der Waals surface area contributed by atoms with Gasteiger partial charge in [-0.1, -0.05) is 18.6 Å². The molecule has 6 heteroatoms. The van der Waals surface area contributed by atoms with Crippen LogP contribution in [0.5, 0.6) is 0 Å². The minimum atomic E-state index is -0.731. The Bertz CT molecular complexity index is 710. The van der Waals surface area contributed by atoms with Crippen LogP contribution in [0.2, 0.25) is 0 Å². The molecule has 0 radical (unpaired) electrons. The average Bonchev–Trinajstić information content (AvgIpc) is 2.85. The van der Waals surface area contributed by atoms with Gasteiger partial charge in [-0.15, -0.1) is 0 Å². The van der Waals surface area contributed by atoms with Gasteiger partial charge in [-0.25, -0.2) is 4.39 Å². The highest BCUT2D eigenvalue weighted by molar-refractivity contribution is 6.08. The molecule has 1 aromatic carbocycles. The van der Waals surface area contributed by atoms with Crippen molar-refractivity contribution in [1.82, 2.24) is 9.80 Å². The van der Waals surface area contributed by atoms with Crippen molar-refractivity contribution in [3.63, 3.8) is 0 Å². The number of piperidine rings is 1. The van der Waals surface area contributed by atoms with Crippen LogP contribution in [0, 0.1) is 5.82 Å². The van der Waals surface area contributed by atoms with Gasteiger partial charge >= 0.3 is 0 Å². The van der Waals surface area contributed by atoms with E-state index >= 15 is 0 Å². The fourth-order valence-electron chi connectivity index (χ4n) is 3.70. The van der Waals surface area contributed by atoms with Crippen LogP contribution >= 0.6 is 0 Å². The number of benzene rings is 1. The molecule has 1 atom stereocenters. The van der Waals surface area contributed by atoms with Crippen molar-refractivity contribution >= 4 is 11.7 Å². The Morgan fingerprint density at radius 3 is 2.60 bits per heavy atom. The quantitative estimate of drug-likeness (QED) is 0.890. The Balaban J connectivity index is 1.87. The Labute approximate surface area is 146 Å². The summed E-state index contributed by atoms with van der Waals surface area (Å²) in [4.78, 5) is 28.3. The number of carbonyl (C=O) groups excluding carboxylic acids is 2. The molecule has 1 amide bonds. The van der Waals surface area contributed by atoms with Gasteiger partial charge in [-0.3, -0.25) is 9.59 Å². The maximum Gasteiger partial charge on any atom is 0.290 e. The summed E-state index contributed by atoms with van der Waals surface area (Å²) in [5.41, 5.74) is 0.551. The molecule has 0 aliphatic carbocycles. The number of nitrogens with zero attached hydrogens (tertiary/aromatic N) is 2. The highest BCUT2D eigenvalue weighted by Gasteiger charge is 2.42. The maximum atomic E-state index is 13.7. The van der Waals surface area contributed by atoms with E-state index in [1.165, 1.54) is 30.4 Å². The molecular weight excluding hydrogens is 323 g/mol. The van der Waals surface area contributed by atoms with E-state index in [0.717, 1.165) is 25.9 Å². The summed E-state index contributed by atoms with van der Waals surface area (Å²) in [6.07, 6.45) is 3.51. The lowest BCUT2D eigenvalue weighted by Crippen LogP contribution is -2.40. The molecule has 3 rings (SSSR count). The first-order chi connectivity index (χ1) is 12.0. The zero-order valence-corrected chi connectivity index (χ0v) is 14.4. The first kappa shape index (κ1) is 17.6. The number of likely N-dealkylation sites (tertiary alicyclic amines) is 1. The summed E-state index contributed by atoms with van der Waals surface area (Å²) in [6.45, 7) is 4.37. The van der Waals surface area contributed by atoms with Gasteiger partial charge < -0.3 is 14.9 Å². The Morgan fingerprint density at radius 2 is 1.96 bits per heavy atom. The molecule has 0 aromatic heterocycles. The molecular formula is C19H23FN2O3. The fraction of sp³-hybridized carbons (Fsp3) is 0.474. The van der Waals surface area contributed by atoms with Crippen molar-refractivity contribution in [2.24, 2.45) is 0 Å². The lowest BCUT2D eigenvalue weighted by molar-refractivity contribution is -0.129. The highest BCUT2D eigenvalue weighted by Crippen LogP contribution is 2.37. The number of ketones is 1. The summed E-state index contributed by atoms with van der Waals surface area (Å²) in [7, 11) is 0. The third-order valence-electron chi connectivity index (χ3n) is 4.95. The zero-order chi connectivity index (χ0) is 18.0. The minimum Gasteiger partial charge on any atom is -0.503 e. The Kier molecular flexibility index (Phi) is 5.18. The SMILES string of the molecule is CC(=O)C1=C(O)C(=O)N(CCN2CCCCC2)C1c1cccc(F)c1. The zero-order valence-electron chi connectivity index (χ0n) is 14.4. The molecule has 0 spiro atoms. The third kappa shape index (κ3) is 3.58. The van der Waals surface area contributed by atoms with E-state index in [-0.39, 0.29) is 11.4 Å². The summed E-state index contributed by atoms with van der Waals surface area (Å²) in [6, 6.07) is 5.12. The summed E-state index contributed by atoms with van der Waals surface area (Å²) < 4.78 is 13.7. The van der Waals surface area contributed by atoms with E-state index in [2.05, 4.69) is 4.90 Å². The summed E-state index contributed by atoms with van der Waals surface area (Å²) >= 11 is 0. The monoisotopic (exact) mass is 346 g/mol. The van der Waals surface area contributed by atoms with Crippen LogP contribution in [-0.4, -0.2) is 52.8 Å². The molecule has 2 aliphatic heterocycles. The van der Waals surface area contributed by atoms with Crippen LogP contribution in [0.4, 0.5) is 4.39 Å². The first-order valence-electron chi connectivity index (χ1n) is 8.72. The van der Waals surface area contributed by atoms with E-state index in [9.17, 15) is 19.1 Å². The second-order valence-corrected chi connectivity index (χ2v) is 6.68. The minimum absolute atomic E-state index is 0.0502. The summed E-state index contributed by atoms with van der Waals surface area (Å²) in [5.74, 6) is -1.88. The molecule has 0 saturated carbocycles. The number of aliphatic hydroxyl groups is 1. The lowest BCUT2D eigenvalue weighted by Gasteiger charge is -2.31. The molecule has 1 aromatic rings. The molecule has 25 heavy (non-hydrogen) atoms. The van der Waals surface area contributed by atoms with Gasteiger partial charge in [0.1, 0.15) is 5.82 Å². The van der Waals surface area contributed by atoms with Crippen LogP contribution in [-0.2, 0) is 9.59 Å².